The smallest absolute Gasteiger partial charge is 0.225 e. The Morgan fingerprint density at radius 1 is 1.21 bits per heavy atom. The number of piperidine rings is 1. The molecule has 2 aromatic heterocycles. The van der Waals surface area contributed by atoms with Gasteiger partial charge in [0.1, 0.15) is 0 Å². The number of anilines is 1. The van der Waals surface area contributed by atoms with Crippen molar-refractivity contribution in [3.8, 4) is 11.3 Å². The Labute approximate surface area is 143 Å². The molecule has 128 valence electrons. The summed E-state index contributed by atoms with van der Waals surface area (Å²) in [5.74, 6) is 1.43. The minimum absolute atomic E-state index is 0.280. The fourth-order valence-corrected chi connectivity index (χ4v) is 3.47. The second kappa shape index (κ2) is 7.71. The predicted molar refractivity (Wildman–Crippen MR) is 96.0 cm³/mol. The van der Waals surface area contributed by atoms with Crippen LogP contribution in [0.4, 0.5) is 5.95 Å². The van der Waals surface area contributed by atoms with E-state index in [-0.39, 0.29) is 6.61 Å². The lowest BCUT2D eigenvalue weighted by Crippen LogP contribution is -2.36. The number of nitrogens with zero attached hydrogens (tertiary/aromatic N) is 4. The van der Waals surface area contributed by atoms with Crippen molar-refractivity contribution < 1.29 is 5.11 Å². The van der Waals surface area contributed by atoms with Crippen molar-refractivity contribution in [2.24, 2.45) is 5.92 Å². The lowest BCUT2D eigenvalue weighted by atomic mass is 9.94. The van der Waals surface area contributed by atoms with E-state index >= 15 is 0 Å². The summed E-state index contributed by atoms with van der Waals surface area (Å²) in [6.07, 6.45) is 6.20. The van der Waals surface area contributed by atoms with Gasteiger partial charge in [0, 0.05) is 42.8 Å². The number of pyridine rings is 1. The van der Waals surface area contributed by atoms with Gasteiger partial charge in [0.05, 0.1) is 5.69 Å². The molecule has 0 bridgehead atoms. The van der Waals surface area contributed by atoms with Gasteiger partial charge >= 0.3 is 0 Å². The lowest BCUT2D eigenvalue weighted by Gasteiger charge is -2.32. The molecule has 1 aliphatic heterocycles. The quantitative estimate of drug-likeness (QED) is 0.914. The van der Waals surface area contributed by atoms with Gasteiger partial charge in [0.25, 0.3) is 0 Å². The van der Waals surface area contributed by atoms with Crippen LogP contribution in [0.15, 0.2) is 24.4 Å². The van der Waals surface area contributed by atoms with Gasteiger partial charge in [-0.1, -0.05) is 0 Å². The Morgan fingerprint density at radius 2 is 2.08 bits per heavy atom. The average molecular weight is 326 g/mol. The number of aliphatic hydroxyl groups is 1. The summed E-state index contributed by atoms with van der Waals surface area (Å²) in [6.45, 7) is 6.29. The molecule has 5 nitrogen and oxygen atoms in total. The Balaban J connectivity index is 1.80. The first-order chi connectivity index (χ1) is 11.7. The maximum atomic E-state index is 9.04. The second-order valence-corrected chi connectivity index (χ2v) is 6.65. The predicted octanol–water partition coefficient (Wildman–Crippen LogP) is 3.14. The molecule has 0 radical (unpaired) electrons. The molecule has 0 amide bonds. The lowest BCUT2D eigenvalue weighted by molar-refractivity contribution is 0.263. The maximum Gasteiger partial charge on any atom is 0.225 e. The summed E-state index contributed by atoms with van der Waals surface area (Å²) in [5, 5.41) is 9.04. The van der Waals surface area contributed by atoms with E-state index in [4.69, 9.17) is 10.1 Å². The largest absolute Gasteiger partial charge is 0.396 e. The zero-order valence-corrected chi connectivity index (χ0v) is 14.6. The van der Waals surface area contributed by atoms with Crippen LogP contribution in [0.5, 0.6) is 0 Å². The van der Waals surface area contributed by atoms with Gasteiger partial charge in [-0.05, 0) is 63.6 Å². The number of hydrogen-bond acceptors (Lipinski definition) is 5. The summed E-state index contributed by atoms with van der Waals surface area (Å²) in [5.41, 5.74) is 4.02. The fraction of sp³-hybridized carbons (Fsp3) is 0.526. The molecule has 0 saturated carbocycles. The molecule has 5 heteroatoms. The molecule has 2 aromatic rings. The van der Waals surface area contributed by atoms with Crippen molar-refractivity contribution >= 4 is 5.95 Å². The minimum Gasteiger partial charge on any atom is -0.396 e. The highest BCUT2D eigenvalue weighted by Gasteiger charge is 2.21. The summed E-state index contributed by atoms with van der Waals surface area (Å²) in [4.78, 5) is 16.1. The van der Waals surface area contributed by atoms with Gasteiger partial charge in [-0.3, -0.25) is 4.98 Å². The Morgan fingerprint density at radius 3 is 2.88 bits per heavy atom. The van der Waals surface area contributed by atoms with Crippen LogP contribution in [0.1, 0.15) is 37.1 Å². The van der Waals surface area contributed by atoms with E-state index in [0.717, 1.165) is 60.9 Å². The zero-order valence-electron chi connectivity index (χ0n) is 14.6. The van der Waals surface area contributed by atoms with Gasteiger partial charge in [0.2, 0.25) is 5.95 Å². The van der Waals surface area contributed by atoms with Crippen LogP contribution in [0.25, 0.3) is 11.3 Å². The van der Waals surface area contributed by atoms with Crippen molar-refractivity contribution in [1.82, 2.24) is 15.0 Å². The topological polar surface area (TPSA) is 62.1 Å². The van der Waals surface area contributed by atoms with Crippen molar-refractivity contribution in [3.63, 3.8) is 0 Å². The van der Waals surface area contributed by atoms with Crippen molar-refractivity contribution in [2.75, 3.05) is 24.6 Å². The Hall–Kier alpha value is -2.01. The van der Waals surface area contributed by atoms with E-state index in [1.54, 1.807) is 0 Å². The Kier molecular flexibility index (Phi) is 5.41. The standard InChI is InChI=1S/C19H26N4O/c1-14-7-8-17(15(2)21-14)18-9-10-20-19(22-18)23-11-3-5-16(13-23)6-4-12-24/h7-10,16,24H,3-6,11-13H2,1-2H3. The first-order valence-corrected chi connectivity index (χ1v) is 8.81. The van der Waals surface area contributed by atoms with E-state index in [0.29, 0.717) is 5.92 Å². The van der Waals surface area contributed by atoms with E-state index in [9.17, 15) is 0 Å². The molecule has 1 unspecified atom stereocenters. The van der Waals surface area contributed by atoms with Gasteiger partial charge < -0.3 is 10.0 Å². The van der Waals surface area contributed by atoms with E-state index in [2.05, 4.69) is 20.9 Å². The summed E-state index contributed by atoms with van der Waals surface area (Å²) in [6, 6.07) is 6.07. The second-order valence-electron chi connectivity index (χ2n) is 6.65. The van der Waals surface area contributed by atoms with Crippen molar-refractivity contribution in [1.29, 1.82) is 0 Å². The van der Waals surface area contributed by atoms with Crippen molar-refractivity contribution in [3.05, 3.63) is 35.8 Å². The van der Waals surface area contributed by atoms with E-state index in [1.165, 1.54) is 6.42 Å². The van der Waals surface area contributed by atoms with Crippen LogP contribution in [0.2, 0.25) is 0 Å². The first-order valence-electron chi connectivity index (χ1n) is 8.81. The fourth-order valence-electron chi connectivity index (χ4n) is 3.47. The molecule has 1 saturated heterocycles. The zero-order chi connectivity index (χ0) is 16.9. The van der Waals surface area contributed by atoms with Crippen LogP contribution in [0.3, 0.4) is 0 Å². The van der Waals surface area contributed by atoms with Crippen LogP contribution >= 0.6 is 0 Å². The number of rotatable bonds is 5. The Bertz CT molecular complexity index is 689. The maximum absolute atomic E-state index is 9.04. The molecule has 0 aliphatic carbocycles. The number of aliphatic hydroxyl groups excluding tert-OH is 1. The molecule has 1 aliphatic rings. The van der Waals surface area contributed by atoms with E-state index in [1.807, 2.05) is 32.2 Å². The molecule has 0 spiro atoms. The summed E-state index contributed by atoms with van der Waals surface area (Å²) >= 11 is 0. The molecular weight excluding hydrogens is 300 g/mol. The molecule has 1 atom stereocenters. The number of aryl methyl sites for hydroxylation is 2. The highest BCUT2D eigenvalue weighted by atomic mass is 16.2. The minimum atomic E-state index is 0.280. The molecule has 1 fully saturated rings. The average Bonchev–Trinajstić information content (AvgIpc) is 2.60. The number of aromatic nitrogens is 3. The van der Waals surface area contributed by atoms with Crippen LogP contribution < -0.4 is 4.90 Å². The van der Waals surface area contributed by atoms with E-state index < -0.39 is 0 Å². The van der Waals surface area contributed by atoms with Crippen LogP contribution in [-0.4, -0.2) is 39.8 Å². The summed E-state index contributed by atoms with van der Waals surface area (Å²) in [7, 11) is 0. The third-order valence-electron chi connectivity index (χ3n) is 4.72. The van der Waals surface area contributed by atoms with Crippen LogP contribution in [0, 0.1) is 19.8 Å². The van der Waals surface area contributed by atoms with Gasteiger partial charge in [-0.2, -0.15) is 0 Å². The highest BCUT2D eigenvalue weighted by Crippen LogP contribution is 2.26. The number of hydrogen-bond donors (Lipinski definition) is 1. The molecule has 0 aromatic carbocycles. The molecule has 3 rings (SSSR count). The molecule has 1 N–H and O–H groups in total. The van der Waals surface area contributed by atoms with Gasteiger partial charge in [-0.15, -0.1) is 0 Å². The summed E-state index contributed by atoms with van der Waals surface area (Å²) < 4.78 is 0. The van der Waals surface area contributed by atoms with Gasteiger partial charge in [0.15, 0.2) is 0 Å². The normalized spacial score (nSPS) is 18.0. The first kappa shape index (κ1) is 16.8. The van der Waals surface area contributed by atoms with Crippen molar-refractivity contribution in [2.45, 2.75) is 39.5 Å². The van der Waals surface area contributed by atoms with Crippen LogP contribution in [-0.2, 0) is 0 Å². The van der Waals surface area contributed by atoms with Gasteiger partial charge in [-0.25, -0.2) is 9.97 Å². The third kappa shape index (κ3) is 3.90. The highest BCUT2D eigenvalue weighted by molar-refractivity contribution is 5.62. The molecular formula is C19H26N4O. The molecule has 3 heterocycles. The SMILES string of the molecule is Cc1ccc(-c2ccnc(N3CCCC(CCCO)C3)n2)c(C)n1. The monoisotopic (exact) mass is 326 g/mol. The third-order valence-corrected chi connectivity index (χ3v) is 4.72. The molecule has 24 heavy (non-hydrogen) atoms.